The van der Waals surface area contributed by atoms with Crippen molar-refractivity contribution in [2.24, 2.45) is 23.2 Å². The Kier molecular flexibility index (Phi) is 1.52. The first-order chi connectivity index (χ1) is 7.67. The zero-order valence-corrected chi connectivity index (χ0v) is 9.44. The van der Waals surface area contributed by atoms with Crippen LogP contribution in [-0.4, -0.2) is 24.8 Å². The topological polar surface area (TPSA) is 35.5 Å². The molecule has 16 heavy (non-hydrogen) atoms. The number of allylic oxidation sites excluding steroid dienone is 2. The molecule has 4 aliphatic rings. The summed E-state index contributed by atoms with van der Waals surface area (Å²) in [6.45, 7) is 3.66. The van der Waals surface area contributed by atoms with E-state index in [1.54, 1.807) is 6.08 Å². The molecular weight excluding hydrogens is 204 g/mol. The molecule has 3 nitrogen and oxygen atoms in total. The number of carbonyl (C=O) groups excluding carboxylic acids is 1. The van der Waals surface area contributed by atoms with E-state index in [2.05, 4.69) is 13.0 Å². The number of ether oxygens (including phenoxy) is 2. The van der Waals surface area contributed by atoms with Gasteiger partial charge in [0.1, 0.15) is 0 Å². The van der Waals surface area contributed by atoms with Crippen LogP contribution in [0.5, 0.6) is 0 Å². The average Bonchev–Trinajstić information content (AvgIpc) is 2.86. The Labute approximate surface area is 94.8 Å². The highest BCUT2D eigenvalue weighted by Crippen LogP contribution is 2.71. The fourth-order valence-corrected chi connectivity index (χ4v) is 4.69. The third kappa shape index (κ3) is 0.800. The number of rotatable bonds is 0. The average molecular weight is 220 g/mol. The van der Waals surface area contributed by atoms with Gasteiger partial charge in [-0.2, -0.15) is 0 Å². The number of hydrogen-bond acceptors (Lipinski definition) is 3. The summed E-state index contributed by atoms with van der Waals surface area (Å²) < 4.78 is 11.8. The minimum absolute atomic E-state index is 0.121. The molecular formula is C13H16O3. The van der Waals surface area contributed by atoms with E-state index in [1.807, 2.05) is 0 Å². The number of ketones is 1. The van der Waals surface area contributed by atoms with Crippen LogP contribution >= 0.6 is 0 Å². The summed E-state index contributed by atoms with van der Waals surface area (Å²) >= 11 is 0. The predicted molar refractivity (Wildman–Crippen MR) is 56.6 cm³/mol. The largest absolute Gasteiger partial charge is 0.347 e. The fourth-order valence-electron chi connectivity index (χ4n) is 4.69. The van der Waals surface area contributed by atoms with Crippen molar-refractivity contribution < 1.29 is 14.3 Å². The van der Waals surface area contributed by atoms with E-state index >= 15 is 0 Å². The van der Waals surface area contributed by atoms with Gasteiger partial charge in [0.05, 0.1) is 13.2 Å². The van der Waals surface area contributed by atoms with Gasteiger partial charge in [-0.05, 0) is 23.8 Å². The summed E-state index contributed by atoms with van der Waals surface area (Å²) in [5.41, 5.74) is 0.121. The molecule has 1 aliphatic heterocycles. The fraction of sp³-hybridized carbons (Fsp3) is 0.769. The minimum Gasteiger partial charge on any atom is -0.347 e. The van der Waals surface area contributed by atoms with Crippen molar-refractivity contribution in [2.75, 3.05) is 13.2 Å². The maximum atomic E-state index is 11.8. The van der Waals surface area contributed by atoms with Crippen LogP contribution in [0.25, 0.3) is 0 Å². The second kappa shape index (κ2) is 2.59. The van der Waals surface area contributed by atoms with Crippen LogP contribution in [0, 0.1) is 23.2 Å². The second-order valence-corrected chi connectivity index (χ2v) is 5.81. The number of fused-ring (bicyclic) bond motifs is 5. The molecule has 1 spiro atoms. The van der Waals surface area contributed by atoms with Gasteiger partial charge in [0.15, 0.2) is 11.6 Å². The molecule has 4 atom stereocenters. The summed E-state index contributed by atoms with van der Waals surface area (Å²) in [5.74, 6) is 0.946. The van der Waals surface area contributed by atoms with Crippen molar-refractivity contribution in [2.45, 2.75) is 25.6 Å². The first-order valence-electron chi connectivity index (χ1n) is 6.17. The van der Waals surface area contributed by atoms with Crippen LogP contribution in [-0.2, 0) is 14.3 Å². The number of carbonyl (C=O) groups is 1. The Morgan fingerprint density at radius 2 is 2.06 bits per heavy atom. The van der Waals surface area contributed by atoms with Gasteiger partial charge >= 0.3 is 0 Å². The van der Waals surface area contributed by atoms with Gasteiger partial charge < -0.3 is 9.47 Å². The first-order valence-corrected chi connectivity index (χ1v) is 6.17. The van der Waals surface area contributed by atoms with Crippen LogP contribution < -0.4 is 0 Å². The van der Waals surface area contributed by atoms with Crippen LogP contribution in [0.15, 0.2) is 12.2 Å². The Morgan fingerprint density at radius 3 is 2.81 bits per heavy atom. The summed E-state index contributed by atoms with van der Waals surface area (Å²) in [6.07, 6.45) is 5.87. The molecule has 1 heterocycles. The molecule has 0 aromatic heterocycles. The maximum absolute atomic E-state index is 11.8. The van der Waals surface area contributed by atoms with Crippen molar-refractivity contribution in [3.05, 3.63) is 12.2 Å². The van der Waals surface area contributed by atoms with Crippen molar-refractivity contribution >= 4 is 5.78 Å². The molecule has 0 unspecified atom stereocenters. The Morgan fingerprint density at radius 1 is 1.31 bits per heavy atom. The van der Waals surface area contributed by atoms with E-state index in [4.69, 9.17) is 9.47 Å². The van der Waals surface area contributed by atoms with E-state index in [9.17, 15) is 4.79 Å². The van der Waals surface area contributed by atoms with Gasteiger partial charge in [0.2, 0.25) is 0 Å². The molecule has 2 saturated carbocycles. The molecule has 0 aromatic carbocycles. The van der Waals surface area contributed by atoms with E-state index < -0.39 is 0 Å². The highest BCUT2D eigenvalue weighted by atomic mass is 16.7. The van der Waals surface area contributed by atoms with Crippen molar-refractivity contribution in [3.63, 3.8) is 0 Å². The summed E-state index contributed by atoms with van der Waals surface area (Å²) in [4.78, 5) is 11.8. The van der Waals surface area contributed by atoms with Crippen LogP contribution in [0.3, 0.4) is 0 Å². The summed E-state index contributed by atoms with van der Waals surface area (Å²) in [5, 5.41) is 0. The van der Waals surface area contributed by atoms with Gasteiger partial charge in [0.25, 0.3) is 0 Å². The highest BCUT2D eigenvalue weighted by molar-refractivity contribution is 5.96. The maximum Gasteiger partial charge on any atom is 0.172 e. The first kappa shape index (κ1) is 9.37. The normalized spacial score (nSPS) is 51.8. The third-order valence-corrected chi connectivity index (χ3v) is 5.24. The highest BCUT2D eigenvalue weighted by Gasteiger charge is 2.73. The molecule has 0 aromatic rings. The second-order valence-electron chi connectivity index (χ2n) is 5.81. The van der Waals surface area contributed by atoms with Crippen molar-refractivity contribution in [1.82, 2.24) is 0 Å². The van der Waals surface area contributed by atoms with E-state index in [0.29, 0.717) is 30.8 Å². The van der Waals surface area contributed by atoms with Gasteiger partial charge in [-0.3, -0.25) is 4.79 Å². The Balaban J connectivity index is 1.76. The van der Waals surface area contributed by atoms with Gasteiger partial charge in [-0.15, -0.1) is 0 Å². The molecule has 3 heteroatoms. The molecule has 0 N–H and O–H groups in total. The Hall–Kier alpha value is -0.670. The zero-order chi connectivity index (χ0) is 11.0. The van der Waals surface area contributed by atoms with Crippen LogP contribution in [0.1, 0.15) is 19.8 Å². The van der Waals surface area contributed by atoms with Gasteiger partial charge in [-0.25, -0.2) is 0 Å². The monoisotopic (exact) mass is 220 g/mol. The van der Waals surface area contributed by atoms with E-state index in [-0.39, 0.29) is 17.1 Å². The molecule has 0 amide bonds. The van der Waals surface area contributed by atoms with Gasteiger partial charge in [-0.1, -0.05) is 13.0 Å². The molecule has 0 radical (unpaired) electrons. The third-order valence-electron chi connectivity index (χ3n) is 5.24. The lowest BCUT2D eigenvalue weighted by molar-refractivity contribution is -0.241. The van der Waals surface area contributed by atoms with Gasteiger partial charge in [0, 0.05) is 18.3 Å². The molecule has 4 rings (SSSR count). The number of hydrogen-bond donors (Lipinski definition) is 0. The minimum atomic E-state index is -0.356. The predicted octanol–water partition coefficient (Wildman–Crippen LogP) is 1.53. The van der Waals surface area contributed by atoms with E-state index in [0.717, 1.165) is 12.8 Å². The molecule has 1 saturated heterocycles. The molecule has 3 aliphatic carbocycles. The van der Waals surface area contributed by atoms with Crippen molar-refractivity contribution in [1.29, 1.82) is 0 Å². The lowest BCUT2D eigenvalue weighted by Crippen LogP contribution is -2.59. The lowest BCUT2D eigenvalue weighted by Gasteiger charge is -2.56. The SMILES string of the molecule is C[C@@]12CCC3(OCCO3)[C@H]1[C@H]1C=CC(=O)[C@@H]12. The molecule has 0 bridgehead atoms. The van der Waals surface area contributed by atoms with Crippen LogP contribution in [0.2, 0.25) is 0 Å². The van der Waals surface area contributed by atoms with Crippen molar-refractivity contribution in [3.8, 4) is 0 Å². The standard InChI is InChI=1S/C13H16O3/c1-12-4-5-13(15-6-7-16-13)11(12)8-2-3-9(14)10(8)12/h2-3,8,10-11H,4-7H2,1H3/t8-,10+,11-,12-/m0/s1. The summed E-state index contributed by atoms with van der Waals surface area (Å²) in [6, 6.07) is 0. The lowest BCUT2D eigenvalue weighted by atomic mass is 9.49. The van der Waals surface area contributed by atoms with E-state index in [1.165, 1.54) is 0 Å². The molecule has 86 valence electrons. The quantitative estimate of drug-likeness (QED) is 0.621. The van der Waals surface area contributed by atoms with Crippen LogP contribution in [0.4, 0.5) is 0 Å². The molecule has 3 fully saturated rings. The summed E-state index contributed by atoms with van der Waals surface area (Å²) in [7, 11) is 0. The Bertz CT molecular complexity index is 394. The smallest absolute Gasteiger partial charge is 0.172 e. The zero-order valence-electron chi connectivity index (χ0n) is 9.44.